The molecule has 2 rings (SSSR count). The highest BCUT2D eigenvalue weighted by molar-refractivity contribution is 9.10. The Hall–Kier alpha value is -0.710. The number of rotatable bonds is 5. The second-order valence-electron chi connectivity index (χ2n) is 5.22. The number of benzene rings is 1. The first-order valence-corrected chi connectivity index (χ1v) is 8.60. The highest BCUT2D eigenvalue weighted by atomic mass is 79.9. The lowest BCUT2D eigenvalue weighted by atomic mass is 10.1. The van der Waals surface area contributed by atoms with Gasteiger partial charge in [0.1, 0.15) is 5.01 Å². The van der Waals surface area contributed by atoms with Crippen molar-refractivity contribution in [1.82, 2.24) is 10.3 Å². The first-order valence-electron chi connectivity index (χ1n) is 6.99. The maximum absolute atomic E-state index is 4.83. The molecule has 1 atom stereocenters. The van der Waals surface area contributed by atoms with Crippen molar-refractivity contribution in [3.63, 3.8) is 0 Å². The summed E-state index contributed by atoms with van der Waals surface area (Å²) < 4.78 is 1.11. The number of aromatic nitrogens is 1. The summed E-state index contributed by atoms with van der Waals surface area (Å²) in [5, 5.41) is 4.79. The predicted molar refractivity (Wildman–Crippen MR) is 90.5 cm³/mol. The fourth-order valence-corrected chi connectivity index (χ4v) is 3.75. The van der Waals surface area contributed by atoms with E-state index in [1.165, 1.54) is 16.1 Å². The SMILES string of the molecule is CCc1nc(C(NC(C)C)c2cccc(Br)c2)sc1C. The Morgan fingerprint density at radius 3 is 2.65 bits per heavy atom. The lowest BCUT2D eigenvalue weighted by Crippen LogP contribution is -2.28. The topological polar surface area (TPSA) is 24.9 Å². The predicted octanol–water partition coefficient (Wildman–Crippen LogP) is 4.86. The molecule has 0 saturated heterocycles. The van der Waals surface area contributed by atoms with Crippen molar-refractivity contribution in [2.24, 2.45) is 0 Å². The standard InChI is InChI=1S/C16H21BrN2S/c1-5-14-11(4)20-16(19-14)15(18-10(2)3)12-7-6-8-13(17)9-12/h6-10,15,18H,5H2,1-4H3. The minimum absolute atomic E-state index is 0.163. The number of thiazole rings is 1. The van der Waals surface area contributed by atoms with Gasteiger partial charge in [-0.05, 0) is 44.9 Å². The van der Waals surface area contributed by atoms with Gasteiger partial charge in [0.2, 0.25) is 0 Å². The molecule has 0 aliphatic carbocycles. The fourth-order valence-electron chi connectivity index (χ4n) is 2.23. The summed E-state index contributed by atoms with van der Waals surface area (Å²) in [5.74, 6) is 0. The lowest BCUT2D eigenvalue weighted by molar-refractivity contribution is 0.526. The van der Waals surface area contributed by atoms with Crippen molar-refractivity contribution in [1.29, 1.82) is 0 Å². The molecule has 1 aromatic heterocycles. The van der Waals surface area contributed by atoms with Crippen LogP contribution in [0.1, 0.15) is 48.0 Å². The zero-order chi connectivity index (χ0) is 14.7. The molecular weight excluding hydrogens is 332 g/mol. The minimum atomic E-state index is 0.163. The van der Waals surface area contributed by atoms with E-state index in [-0.39, 0.29) is 6.04 Å². The lowest BCUT2D eigenvalue weighted by Gasteiger charge is -2.20. The Morgan fingerprint density at radius 1 is 1.35 bits per heavy atom. The molecule has 2 nitrogen and oxygen atoms in total. The largest absolute Gasteiger partial charge is 0.302 e. The number of nitrogens with zero attached hydrogens (tertiary/aromatic N) is 1. The monoisotopic (exact) mass is 352 g/mol. The zero-order valence-electron chi connectivity index (χ0n) is 12.4. The molecule has 1 N–H and O–H groups in total. The van der Waals surface area contributed by atoms with Crippen molar-refractivity contribution in [3.8, 4) is 0 Å². The molecule has 0 fully saturated rings. The summed E-state index contributed by atoms with van der Waals surface area (Å²) in [4.78, 5) is 6.16. The second kappa shape index (κ2) is 6.83. The Bertz CT molecular complexity index is 578. The Balaban J connectivity index is 2.41. The third kappa shape index (κ3) is 3.68. The smallest absolute Gasteiger partial charge is 0.115 e. The molecule has 2 aromatic rings. The minimum Gasteiger partial charge on any atom is -0.302 e. The molecule has 0 spiro atoms. The summed E-state index contributed by atoms with van der Waals surface area (Å²) in [6.45, 7) is 8.67. The van der Waals surface area contributed by atoms with Crippen molar-refractivity contribution in [3.05, 3.63) is 49.9 Å². The van der Waals surface area contributed by atoms with Crippen LogP contribution < -0.4 is 5.32 Å². The van der Waals surface area contributed by atoms with E-state index in [1.54, 1.807) is 11.3 Å². The first kappa shape index (κ1) is 15.7. The fraction of sp³-hybridized carbons (Fsp3) is 0.438. The average molecular weight is 353 g/mol. The summed E-state index contributed by atoms with van der Waals surface area (Å²) in [6, 6.07) is 9.04. The van der Waals surface area contributed by atoms with E-state index >= 15 is 0 Å². The molecule has 1 heterocycles. The van der Waals surface area contributed by atoms with Crippen LogP contribution in [-0.2, 0) is 6.42 Å². The highest BCUT2D eigenvalue weighted by Gasteiger charge is 2.20. The van der Waals surface area contributed by atoms with Gasteiger partial charge in [-0.1, -0.05) is 35.0 Å². The van der Waals surface area contributed by atoms with Gasteiger partial charge < -0.3 is 5.32 Å². The van der Waals surface area contributed by atoms with Crippen LogP contribution in [0.2, 0.25) is 0 Å². The van der Waals surface area contributed by atoms with Crippen LogP contribution in [-0.4, -0.2) is 11.0 Å². The van der Waals surface area contributed by atoms with E-state index in [2.05, 4.69) is 73.2 Å². The maximum atomic E-state index is 4.83. The second-order valence-corrected chi connectivity index (χ2v) is 7.37. The molecule has 0 bridgehead atoms. The number of halogens is 1. The molecule has 0 radical (unpaired) electrons. The van der Waals surface area contributed by atoms with Crippen LogP contribution in [0.15, 0.2) is 28.7 Å². The van der Waals surface area contributed by atoms with Crippen molar-refractivity contribution in [2.45, 2.75) is 46.2 Å². The molecule has 0 aliphatic heterocycles. The van der Waals surface area contributed by atoms with Gasteiger partial charge in [0.05, 0.1) is 11.7 Å². The Labute approximate surface area is 133 Å². The van der Waals surface area contributed by atoms with E-state index in [9.17, 15) is 0 Å². The molecule has 0 aliphatic rings. The number of nitrogens with one attached hydrogen (secondary N) is 1. The number of hydrogen-bond donors (Lipinski definition) is 1. The van der Waals surface area contributed by atoms with Gasteiger partial charge in [0, 0.05) is 15.4 Å². The van der Waals surface area contributed by atoms with Gasteiger partial charge in [0.25, 0.3) is 0 Å². The van der Waals surface area contributed by atoms with Crippen LogP contribution in [0.3, 0.4) is 0 Å². The molecule has 0 amide bonds. The molecule has 108 valence electrons. The van der Waals surface area contributed by atoms with Crippen LogP contribution in [0, 0.1) is 6.92 Å². The van der Waals surface area contributed by atoms with Crippen LogP contribution in [0.25, 0.3) is 0 Å². The summed E-state index contributed by atoms with van der Waals surface area (Å²) >= 11 is 5.36. The first-order chi connectivity index (χ1) is 9.51. The van der Waals surface area contributed by atoms with Crippen molar-refractivity contribution >= 4 is 27.3 Å². The van der Waals surface area contributed by atoms with Crippen LogP contribution >= 0.6 is 27.3 Å². The van der Waals surface area contributed by atoms with Crippen molar-refractivity contribution < 1.29 is 0 Å². The molecule has 20 heavy (non-hydrogen) atoms. The normalized spacial score (nSPS) is 12.9. The van der Waals surface area contributed by atoms with E-state index in [0.717, 1.165) is 15.9 Å². The molecule has 0 saturated carbocycles. The Morgan fingerprint density at radius 2 is 2.10 bits per heavy atom. The van der Waals surface area contributed by atoms with E-state index in [1.807, 2.05) is 0 Å². The molecule has 1 aromatic carbocycles. The average Bonchev–Trinajstić information content (AvgIpc) is 2.76. The summed E-state index contributed by atoms with van der Waals surface area (Å²) in [6.07, 6.45) is 0.995. The third-order valence-electron chi connectivity index (χ3n) is 3.17. The van der Waals surface area contributed by atoms with Gasteiger partial charge in [0.15, 0.2) is 0 Å². The van der Waals surface area contributed by atoms with Gasteiger partial charge in [-0.3, -0.25) is 0 Å². The zero-order valence-corrected chi connectivity index (χ0v) is 14.8. The molecule has 4 heteroatoms. The van der Waals surface area contributed by atoms with Crippen LogP contribution in [0.4, 0.5) is 0 Å². The molecular formula is C16H21BrN2S. The third-order valence-corrected chi connectivity index (χ3v) is 4.74. The van der Waals surface area contributed by atoms with E-state index in [0.29, 0.717) is 6.04 Å². The van der Waals surface area contributed by atoms with Crippen LogP contribution in [0.5, 0.6) is 0 Å². The van der Waals surface area contributed by atoms with Gasteiger partial charge in [-0.2, -0.15) is 0 Å². The number of aryl methyl sites for hydroxylation is 2. The van der Waals surface area contributed by atoms with E-state index in [4.69, 9.17) is 4.98 Å². The van der Waals surface area contributed by atoms with Crippen molar-refractivity contribution in [2.75, 3.05) is 0 Å². The number of hydrogen-bond acceptors (Lipinski definition) is 3. The maximum Gasteiger partial charge on any atom is 0.115 e. The molecule has 1 unspecified atom stereocenters. The summed E-state index contributed by atoms with van der Waals surface area (Å²) in [5.41, 5.74) is 2.47. The van der Waals surface area contributed by atoms with Gasteiger partial charge in [-0.15, -0.1) is 11.3 Å². The Kier molecular flexibility index (Phi) is 5.35. The van der Waals surface area contributed by atoms with E-state index < -0.39 is 0 Å². The summed E-state index contributed by atoms with van der Waals surface area (Å²) in [7, 11) is 0. The van der Waals surface area contributed by atoms with Gasteiger partial charge in [-0.25, -0.2) is 4.98 Å². The quantitative estimate of drug-likeness (QED) is 0.830. The van der Waals surface area contributed by atoms with Gasteiger partial charge >= 0.3 is 0 Å². The highest BCUT2D eigenvalue weighted by Crippen LogP contribution is 2.30.